The van der Waals surface area contributed by atoms with E-state index in [0.29, 0.717) is 41.9 Å². The summed E-state index contributed by atoms with van der Waals surface area (Å²) in [6.45, 7) is 8.83. The first-order chi connectivity index (χ1) is 15.1. The van der Waals surface area contributed by atoms with E-state index in [1.807, 2.05) is 0 Å². The van der Waals surface area contributed by atoms with Crippen LogP contribution in [0.15, 0.2) is 0 Å². The number of hydrogen-bond acceptors (Lipinski definition) is 5. The van der Waals surface area contributed by atoms with Crippen molar-refractivity contribution in [1.29, 1.82) is 0 Å². The predicted molar refractivity (Wildman–Crippen MR) is 123 cm³/mol. The van der Waals surface area contributed by atoms with Crippen molar-refractivity contribution < 1.29 is 24.2 Å². The molecule has 10 atom stereocenters. The summed E-state index contributed by atoms with van der Waals surface area (Å²) in [5.41, 5.74) is 0.489. The molecule has 0 bridgehead atoms. The second kappa shape index (κ2) is 8.92. The SMILES string of the molecule is COC(=O)CC[C@@H](C)[C@H]1CC[C@H]2[C@@H]3[C@H](OC(C)=O)C[C@@H]4C[C@H](O)CC[C@]4(C)[C@H]3CC[C@]12C. The zero-order chi connectivity index (χ0) is 23.3. The Hall–Kier alpha value is -1.10. The van der Waals surface area contributed by atoms with Crippen LogP contribution >= 0.6 is 0 Å². The maximum absolute atomic E-state index is 12.1. The van der Waals surface area contributed by atoms with Crippen molar-refractivity contribution in [3.8, 4) is 0 Å². The van der Waals surface area contributed by atoms with E-state index >= 15 is 0 Å². The number of aliphatic hydroxyl groups is 1. The highest BCUT2D eigenvalue weighted by atomic mass is 16.5. The third kappa shape index (κ3) is 4.01. The summed E-state index contributed by atoms with van der Waals surface area (Å²) in [5, 5.41) is 10.4. The highest BCUT2D eigenvalue weighted by Gasteiger charge is 2.63. The Morgan fingerprint density at radius 2 is 1.72 bits per heavy atom. The molecule has 32 heavy (non-hydrogen) atoms. The molecule has 0 aromatic carbocycles. The zero-order valence-electron chi connectivity index (χ0n) is 20.8. The number of carbonyl (C=O) groups excluding carboxylic acids is 2. The topological polar surface area (TPSA) is 72.8 Å². The summed E-state index contributed by atoms with van der Waals surface area (Å²) < 4.78 is 10.9. The number of ether oxygens (including phenoxy) is 2. The van der Waals surface area contributed by atoms with Gasteiger partial charge >= 0.3 is 11.9 Å². The van der Waals surface area contributed by atoms with Crippen molar-refractivity contribution in [2.45, 2.75) is 104 Å². The van der Waals surface area contributed by atoms with Gasteiger partial charge in [0.1, 0.15) is 6.10 Å². The Bertz CT molecular complexity index is 721. The highest BCUT2D eigenvalue weighted by molar-refractivity contribution is 5.69. The van der Waals surface area contributed by atoms with E-state index in [1.54, 1.807) is 6.92 Å². The fraction of sp³-hybridized carbons (Fsp3) is 0.926. The van der Waals surface area contributed by atoms with E-state index in [2.05, 4.69) is 20.8 Å². The molecule has 0 aliphatic heterocycles. The van der Waals surface area contributed by atoms with Crippen LogP contribution in [0.4, 0.5) is 0 Å². The number of aliphatic hydroxyl groups excluding tert-OH is 1. The minimum atomic E-state index is -0.206. The second-order valence-electron chi connectivity index (χ2n) is 12.1. The molecule has 1 N–H and O–H groups in total. The molecule has 0 spiro atoms. The van der Waals surface area contributed by atoms with Crippen LogP contribution in [-0.2, 0) is 19.1 Å². The van der Waals surface area contributed by atoms with Crippen molar-refractivity contribution in [3.05, 3.63) is 0 Å². The van der Waals surface area contributed by atoms with Crippen LogP contribution in [0.3, 0.4) is 0 Å². The van der Waals surface area contributed by atoms with Crippen LogP contribution in [-0.4, -0.2) is 36.4 Å². The van der Waals surface area contributed by atoms with E-state index < -0.39 is 0 Å². The van der Waals surface area contributed by atoms with Gasteiger partial charge in [0.2, 0.25) is 0 Å². The largest absolute Gasteiger partial charge is 0.469 e. The fourth-order valence-electron chi connectivity index (χ4n) is 9.13. The molecule has 0 unspecified atom stereocenters. The standard InChI is InChI=1S/C27H44O5/c1-16(6-9-24(30)31-5)20-7-8-21-25-22(11-13-27(20,21)4)26(3)12-10-19(29)14-18(26)15-23(25)32-17(2)28/h16,18-23,25,29H,6-15H2,1-5H3/t16-,18+,19-,20-,21+,22+,23-,25+,26+,27-/m1/s1. The zero-order valence-corrected chi connectivity index (χ0v) is 20.8. The average molecular weight is 449 g/mol. The lowest BCUT2D eigenvalue weighted by molar-refractivity contribution is -0.194. The van der Waals surface area contributed by atoms with Gasteiger partial charge in [0.05, 0.1) is 13.2 Å². The predicted octanol–water partition coefficient (Wildman–Crippen LogP) is 5.14. The quantitative estimate of drug-likeness (QED) is 0.590. The highest BCUT2D eigenvalue weighted by Crippen LogP contribution is 2.68. The lowest BCUT2D eigenvalue weighted by atomic mass is 9.43. The summed E-state index contributed by atoms with van der Waals surface area (Å²) >= 11 is 0. The van der Waals surface area contributed by atoms with E-state index in [1.165, 1.54) is 32.8 Å². The van der Waals surface area contributed by atoms with Crippen LogP contribution in [0, 0.1) is 46.3 Å². The van der Waals surface area contributed by atoms with Crippen molar-refractivity contribution >= 4 is 11.9 Å². The molecule has 0 aromatic heterocycles. The van der Waals surface area contributed by atoms with Gasteiger partial charge in [-0.2, -0.15) is 0 Å². The molecule has 0 saturated heterocycles. The van der Waals surface area contributed by atoms with Crippen molar-refractivity contribution in [2.75, 3.05) is 7.11 Å². The van der Waals surface area contributed by atoms with Gasteiger partial charge in [0.15, 0.2) is 0 Å². The van der Waals surface area contributed by atoms with Gasteiger partial charge in [-0.3, -0.25) is 9.59 Å². The second-order valence-corrected chi connectivity index (χ2v) is 12.1. The Kier molecular flexibility index (Phi) is 6.70. The molecular formula is C27H44O5. The molecule has 5 heteroatoms. The van der Waals surface area contributed by atoms with Crippen LogP contribution in [0.25, 0.3) is 0 Å². The van der Waals surface area contributed by atoms with Gasteiger partial charge < -0.3 is 14.6 Å². The fourth-order valence-corrected chi connectivity index (χ4v) is 9.13. The van der Waals surface area contributed by atoms with Crippen molar-refractivity contribution in [3.63, 3.8) is 0 Å². The monoisotopic (exact) mass is 448 g/mol. The van der Waals surface area contributed by atoms with Crippen LogP contribution in [0.2, 0.25) is 0 Å². The molecule has 4 aliphatic carbocycles. The molecule has 0 heterocycles. The first kappa shape index (κ1) is 24.0. The molecule has 0 amide bonds. The third-order valence-corrected chi connectivity index (χ3v) is 10.7. The molecule has 4 aliphatic rings. The Balaban J connectivity index is 1.59. The summed E-state index contributed by atoms with van der Waals surface area (Å²) in [7, 11) is 1.47. The van der Waals surface area contributed by atoms with E-state index in [0.717, 1.165) is 32.1 Å². The molecular weight excluding hydrogens is 404 g/mol. The van der Waals surface area contributed by atoms with Crippen LogP contribution in [0.1, 0.15) is 91.9 Å². The number of esters is 2. The van der Waals surface area contributed by atoms with E-state index in [-0.39, 0.29) is 35.0 Å². The molecule has 4 fully saturated rings. The molecule has 0 radical (unpaired) electrons. The average Bonchev–Trinajstić information content (AvgIpc) is 3.09. The summed E-state index contributed by atoms with van der Waals surface area (Å²) in [6.07, 6.45) is 9.75. The van der Waals surface area contributed by atoms with Crippen LogP contribution in [0.5, 0.6) is 0 Å². The Morgan fingerprint density at radius 1 is 1.03 bits per heavy atom. The summed E-state index contributed by atoms with van der Waals surface area (Å²) in [4.78, 5) is 23.8. The number of fused-ring (bicyclic) bond motifs is 5. The summed E-state index contributed by atoms with van der Waals surface area (Å²) in [5.74, 6) is 2.83. The maximum atomic E-state index is 12.1. The normalized spacial score (nSPS) is 46.4. The number of hydrogen-bond donors (Lipinski definition) is 1. The smallest absolute Gasteiger partial charge is 0.305 e. The third-order valence-electron chi connectivity index (χ3n) is 10.7. The van der Waals surface area contributed by atoms with E-state index in [4.69, 9.17) is 9.47 Å². The van der Waals surface area contributed by atoms with Gasteiger partial charge in [-0.25, -0.2) is 0 Å². The van der Waals surface area contributed by atoms with Crippen LogP contribution < -0.4 is 0 Å². The van der Waals surface area contributed by atoms with Crippen molar-refractivity contribution in [2.24, 2.45) is 46.3 Å². The summed E-state index contributed by atoms with van der Waals surface area (Å²) in [6, 6.07) is 0. The first-order valence-electron chi connectivity index (χ1n) is 13.0. The molecule has 4 saturated carbocycles. The van der Waals surface area contributed by atoms with Crippen molar-refractivity contribution in [1.82, 2.24) is 0 Å². The lowest BCUT2D eigenvalue weighted by Crippen LogP contribution is -2.59. The minimum absolute atomic E-state index is 0.0189. The van der Waals surface area contributed by atoms with Gasteiger partial charge in [0.25, 0.3) is 0 Å². The Labute approximate surface area is 194 Å². The first-order valence-corrected chi connectivity index (χ1v) is 13.0. The van der Waals surface area contributed by atoms with Gasteiger partial charge in [0, 0.05) is 19.3 Å². The molecule has 5 nitrogen and oxygen atoms in total. The number of rotatable bonds is 5. The Morgan fingerprint density at radius 3 is 2.41 bits per heavy atom. The lowest BCUT2D eigenvalue weighted by Gasteiger charge is -2.62. The van der Waals surface area contributed by atoms with E-state index in [9.17, 15) is 14.7 Å². The van der Waals surface area contributed by atoms with Gasteiger partial charge in [-0.05, 0) is 98.2 Å². The van der Waals surface area contributed by atoms with Gasteiger partial charge in [-0.1, -0.05) is 20.8 Å². The molecule has 182 valence electrons. The minimum Gasteiger partial charge on any atom is -0.469 e. The molecule has 0 aromatic rings. The van der Waals surface area contributed by atoms with Gasteiger partial charge in [-0.15, -0.1) is 0 Å². The number of methoxy groups -OCH3 is 1. The maximum Gasteiger partial charge on any atom is 0.305 e. The number of carbonyl (C=O) groups is 2. The molecule has 4 rings (SSSR count).